The van der Waals surface area contributed by atoms with Crippen molar-refractivity contribution >= 4 is 6.08 Å². The molecule has 25 heavy (non-hydrogen) atoms. The minimum Gasteiger partial charge on any atom is -0.497 e. The summed E-state index contributed by atoms with van der Waals surface area (Å²) in [6.45, 7) is 0. The van der Waals surface area contributed by atoms with Crippen LogP contribution in [0.1, 0.15) is 28.7 Å². The highest BCUT2D eigenvalue weighted by Gasteiger charge is 2.37. The molecule has 124 valence electrons. The number of methoxy groups -OCH3 is 1. The molecule has 1 aliphatic rings. The summed E-state index contributed by atoms with van der Waals surface area (Å²) in [5.74, 6) is 0.890. The summed E-state index contributed by atoms with van der Waals surface area (Å²) in [4.78, 5) is 0. The second-order valence-corrected chi connectivity index (χ2v) is 6.60. The van der Waals surface area contributed by atoms with E-state index < -0.39 is 0 Å². The van der Waals surface area contributed by atoms with Gasteiger partial charge in [-0.25, -0.2) is 0 Å². The van der Waals surface area contributed by atoms with E-state index in [4.69, 9.17) is 4.74 Å². The smallest absolute Gasteiger partial charge is 0.118 e. The van der Waals surface area contributed by atoms with Gasteiger partial charge in [0.05, 0.1) is 7.11 Å². The van der Waals surface area contributed by atoms with Gasteiger partial charge in [0.1, 0.15) is 5.75 Å². The number of benzene rings is 3. The van der Waals surface area contributed by atoms with Crippen molar-refractivity contribution in [1.29, 1.82) is 0 Å². The van der Waals surface area contributed by atoms with E-state index in [1.54, 1.807) is 7.11 Å². The zero-order valence-electron chi connectivity index (χ0n) is 14.5. The van der Waals surface area contributed by atoms with Crippen molar-refractivity contribution in [2.75, 3.05) is 7.11 Å². The lowest BCUT2D eigenvalue weighted by atomic mass is 9.75. The van der Waals surface area contributed by atoms with Gasteiger partial charge in [0, 0.05) is 5.41 Å². The molecule has 0 saturated carbocycles. The fourth-order valence-electron chi connectivity index (χ4n) is 3.90. The normalized spacial score (nSPS) is 19.1. The fourth-order valence-corrected chi connectivity index (χ4v) is 3.90. The molecular formula is C24H22O. The number of aryl methyl sites for hydroxylation is 1. The Morgan fingerprint density at radius 3 is 2.32 bits per heavy atom. The number of rotatable bonds is 4. The molecule has 0 fully saturated rings. The van der Waals surface area contributed by atoms with Gasteiger partial charge in [0.15, 0.2) is 0 Å². The van der Waals surface area contributed by atoms with Gasteiger partial charge in [-0.1, -0.05) is 78.9 Å². The van der Waals surface area contributed by atoms with Crippen molar-refractivity contribution in [3.8, 4) is 5.75 Å². The van der Waals surface area contributed by atoms with Crippen LogP contribution in [0.15, 0.2) is 84.9 Å². The molecule has 3 aromatic carbocycles. The van der Waals surface area contributed by atoms with Crippen LogP contribution in [-0.4, -0.2) is 7.11 Å². The Hall–Kier alpha value is -2.80. The zero-order chi connectivity index (χ0) is 17.1. The second-order valence-electron chi connectivity index (χ2n) is 6.60. The molecule has 0 N–H and O–H groups in total. The topological polar surface area (TPSA) is 9.23 Å². The summed E-state index contributed by atoms with van der Waals surface area (Å²) < 4.78 is 5.26. The van der Waals surface area contributed by atoms with Gasteiger partial charge in [-0.2, -0.15) is 0 Å². The molecule has 1 unspecified atom stereocenters. The lowest BCUT2D eigenvalue weighted by Gasteiger charge is -2.28. The Labute approximate surface area is 149 Å². The first-order valence-corrected chi connectivity index (χ1v) is 8.79. The van der Waals surface area contributed by atoms with Crippen LogP contribution < -0.4 is 4.74 Å². The van der Waals surface area contributed by atoms with Gasteiger partial charge in [-0.3, -0.25) is 0 Å². The van der Waals surface area contributed by atoms with Crippen molar-refractivity contribution in [3.05, 3.63) is 107 Å². The predicted octanol–water partition coefficient (Wildman–Crippen LogP) is 5.64. The van der Waals surface area contributed by atoms with Crippen molar-refractivity contribution in [1.82, 2.24) is 0 Å². The molecule has 1 atom stereocenters. The maximum absolute atomic E-state index is 5.26. The Balaban J connectivity index is 1.78. The van der Waals surface area contributed by atoms with Gasteiger partial charge in [-0.05, 0) is 47.2 Å². The molecule has 0 aromatic heterocycles. The van der Waals surface area contributed by atoms with E-state index >= 15 is 0 Å². The minimum atomic E-state index is -0.0439. The van der Waals surface area contributed by atoms with E-state index in [1.807, 2.05) is 12.1 Å². The summed E-state index contributed by atoms with van der Waals surface area (Å²) in [6, 6.07) is 28.0. The molecule has 0 aliphatic heterocycles. The first-order chi connectivity index (χ1) is 12.3. The average molecular weight is 326 g/mol. The van der Waals surface area contributed by atoms with Gasteiger partial charge in [-0.15, -0.1) is 0 Å². The Morgan fingerprint density at radius 1 is 0.840 bits per heavy atom. The molecule has 1 nitrogen and oxygen atoms in total. The van der Waals surface area contributed by atoms with Crippen molar-refractivity contribution in [2.24, 2.45) is 0 Å². The van der Waals surface area contributed by atoms with E-state index in [2.05, 4.69) is 78.9 Å². The quantitative estimate of drug-likeness (QED) is 0.603. The highest BCUT2D eigenvalue weighted by molar-refractivity contribution is 5.59. The summed E-state index contributed by atoms with van der Waals surface area (Å²) in [5, 5.41) is 0. The third-order valence-electron chi connectivity index (χ3n) is 5.25. The van der Waals surface area contributed by atoms with Crippen LogP contribution in [0.25, 0.3) is 6.08 Å². The zero-order valence-corrected chi connectivity index (χ0v) is 14.5. The SMILES string of the molecule is COc1ccc(/C=C/C2(c3ccccc3)CCc3ccccc32)cc1. The minimum absolute atomic E-state index is 0.0439. The van der Waals surface area contributed by atoms with Crippen molar-refractivity contribution < 1.29 is 4.74 Å². The number of hydrogen-bond acceptors (Lipinski definition) is 1. The third kappa shape index (κ3) is 2.87. The summed E-state index contributed by atoms with van der Waals surface area (Å²) >= 11 is 0. The predicted molar refractivity (Wildman–Crippen MR) is 104 cm³/mol. The van der Waals surface area contributed by atoms with Gasteiger partial charge >= 0.3 is 0 Å². The Bertz CT molecular complexity index is 877. The number of fused-ring (bicyclic) bond motifs is 1. The lowest BCUT2D eigenvalue weighted by molar-refractivity contribution is 0.415. The van der Waals surface area contributed by atoms with Crippen molar-refractivity contribution in [3.63, 3.8) is 0 Å². The molecule has 0 spiro atoms. The summed E-state index contributed by atoms with van der Waals surface area (Å²) in [7, 11) is 1.70. The molecule has 0 saturated heterocycles. The van der Waals surface area contributed by atoms with Gasteiger partial charge < -0.3 is 4.74 Å². The lowest BCUT2D eigenvalue weighted by Crippen LogP contribution is -2.21. The first-order valence-electron chi connectivity index (χ1n) is 8.79. The van der Waals surface area contributed by atoms with Crippen LogP contribution in [-0.2, 0) is 11.8 Å². The Morgan fingerprint density at radius 2 is 1.56 bits per heavy atom. The standard InChI is InChI=1S/C24H22O/c1-25-22-13-11-19(12-14-22)15-17-24(21-8-3-2-4-9-21)18-16-20-7-5-6-10-23(20)24/h2-15,17H,16,18H2,1H3/b17-15+. The molecule has 1 heteroatoms. The van der Waals surface area contributed by atoms with Gasteiger partial charge in [0.25, 0.3) is 0 Å². The van der Waals surface area contributed by atoms with E-state index in [-0.39, 0.29) is 5.41 Å². The van der Waals surface area contributed by atoms with Crippen LogP contribution in [0.2, 0.25) is 0 Å². The van der Waals surface area contributed by atoms with E-state index in [1.165, 1.54) is 22.3 Å². The Kier molecular flexibility index (Phi) is 4.15. The second kappa shape index (κ2) is 6.60. The highest BCUT2D eigenvalue weighted by atomic mass is 16.5. The molecule has 0 heterocycles. The fraction of sp³-hybridized carbons (Fsp3) is 0.167. The molecule has 1 aliphatic carbocycles. The monoisotopic (exact) mass is 326 g/mol. The maximum atomic E-state index is 5.26. The van der Waals surface area contributed by atoms with Crippen LogP contribution in [0, 0.1) is 0 Å². The van der Waals surface area contributed by atoms with Crippen LogP contribution in [0.4, 0.5) is 0 Å². The molecule has 0 amide bonds. The summed E-state index contributed by atoms with van der Waals surface area (Å²) in [6.07, 6.45) is 6.87. The third-order valence-corrected chi connectivity index (χ3v) is 5.25. The van der Waals surface area contributed by atoms with Gasteiger partial charge in [0.2, 0.25) is 0 Å². The average Bonchev–Trinajstić information content (AvgIpc) is 3.07. The highest BCUT2D eigenvalue weighted by Crippen LogP contribution is 2.45. The number of hydrogen-bond donors (Lipinski definition) is 0. The van der Waals surface area contributed by atoms with E-state index in [0.717, 1.165) is 18.6 Å². The first kappa shape index (κ1) is 15.7. The molecule has 3 aromatic rings. The van der Waals surface area contributed by atoms with Crippen LogP contribution in [0.3, 0.4) is 0 Å². The molecule has 0 radical (unpaired) electrons. The summed E-state index contributed by atoms with van der Waals surface area (Å²) in [5.41, 5.74) is 5.42. The van der Waals surface area contributed by atoms with E-state index in [9.17, 15) is 0 Å². The number of allylic oxidation sites excluding steroid dienone is 1. The van der Waals surface area contributed by atoms with E-state index in [0.29, 0.717) is 0 Å². The molecular weight excluding hydrogens is 304 g/mol. The molecule has 0 bridgehead atoms. The maximum Gasteiger partial charge on any atom is 0.118 e. The van der Waals surface area contributed by atoms with Crippen LogP contribution in [0.5, 0.6) is 5.75 Å². The van der Waals surface area contributed by atoms with Crippen LogP contribution >= 0.6 is 0 Å². The molecule has 4 rings (SSSR count). The van der Waals surface area contributed by atoms with Crippen molar-refractivity contribution in [2.45, 2.75) is 18.3 Å². The largest absolute Gasteiger partial charge is 0.497 e. The number of ether oxygens (including phenoxy) is 1.